The summed E-state index contributed by atoms with van der Waals surface area (Å²) in [4.78, 5) is 35.4. The molecular weight excluding hydrogens is 348 g/mol. The molecule has 2 rings (SSSR count). The molecular formula is C20H24N2O5. The molecule has 2 aromatic rings. The van der Waals surface area contributed by atoms with Crippen LogP contribution in [0.25, 0.3) is 10.8 Å². The molecule has 0 aliphatic heterocycles. The normalized spacial score (nSPS) is 13.3. The molecule has 4 N–H and O–H groups in total. The molecule has 0 spiro atoms. The van der Waals surface area contributed by atoms with Gasteiger partial charge in [0.15, 0.2) is 0 Å². The van der Waals surface area contributed by atoms with Crippen molar-refractivity contribution < 1.29 is 24.6 Å². The summed E-state index contributed by atoms with van der Waals surface area (Å²) in [7, 11) is 0. The van der Waals surface area contributed by atoms with Gasteiger partial charge in [-0.25, -0.2) is 0 Å². The number of carboxylic acids is 2. The van der Waals surface area contributed by atoms with Gasteiger partial charge in [-0.2, -0.15) is 0 Å². The first-order valence-electron chi connectivity index (χ1n) is 8.77. The predicted molar refractivity (Wildman–Crippen MR) is 102 cm³/mol. The zero-order valence-electron chi connectivity index (χ0n) is 15.3. The van der Waals surface area contributed by atoms with Gasteiger partial charge >= 0.3 is 11.9 Å². The number of aliphatic carboxylic acids is 2. The number of rotatable bonds is 9. The number of carbonyl (C=O) groups excluding carboxylic acids is 1. The number of hydrogen-bond donors (Lipinski definition) is 4. The van der Waals surface area contributed by atoms with Crippen LogP contribution in [0, 0.1) is 5.92 Å². The standard InChI is InChI=1S/C20H24N2O5/c1-12(2)10-16(19(24)25)22-17(20(26)27)11-21-18(23)15-9-5-7-13-6-3-4-8-14(13)15/h3-9,12,16-17,22H,10-11H2,1-2H3,(H,21,23)(H,24,25)(H,26,27). The number of carboxylic acid groups (broad SMARTS) is 2. The minimum absolute atomic E-state index is 0.0818. The van der Waals surface area contributed by atoms with E-state index in [-0.39, 0.29) is 18.9 Å². The number of amides is 1. The predicted octanol–water partition coefficient (Wildman–Crippen LogP) is 2.11. The molecule has 144 valence electrons. The molecule has 0 heterocycles. The molecule has 0 saturated carbocycles. The van der Waals surface area contributed by atoms with Gasteiger partial charge in [0, 0.05) is 12.1 Å². The van der Waals surface area contributed by atoms with E-state index in [4.69, 9.17) is 0 Å². The van der Waals surface area contributed by atoms with Crippen molar-refractivity contribution in [2.75, 3.05) is 6.54 Å². The highest BCUT2D eigenvalue weighted by molar-refractivity contribution is 6.07. The lowest BCUT2D eigenvalue weighted by Gasteiger charge is -2.22. The summed E-state index contributed by atoms with van der Waals surface area (Å²) in [5, 5.41) is 25.5. The monoisotopic (exact) mass is 372 g/mol. The molecule has 0 aliphatic carbocycles. The van der Waals surface area contributed by atoms with Gasteiger partial charge in [-0.1, -0.05) is 50.2 Å². The van der Waals surface area contributed by atoms with Gasteiger partial charge in [-0.15, -0.1) is 0 Å². The maximum atomic E-state index is 12.5. The first kappa shape index (κ1) is 20.4. The van der Waals surface area contributed by atoms with E-state index in [1.807, 2.05) is 44.2 Å². The zero-order chi connectivity index (χ0) is 20.0. The van der Waals surface area contributed by atoms with Gasteiger partial charge in [0.2, 0.25) is 0 Å². The van der Waals surface area contributed by atoms with Crippen LogP contribution in [0.5, 0.6) is 0 Å². The zero-order valence-corrected chi connectivity index (χ0v) is 15.3. The molecule has 0 saturated heterocycles. The lowest BCUT2D eigenvalue weighted by molar-refractivity contribution is -0.142. The Labute approximate surface area is 157 Å². The van der Waals surface area contributed by atoms with Crippen molar-refractivity contribution in [3.8, 4) is 0 Å². The second-order valence-electron chi connectivity index (χ2n) is 6.81. The number of fused-ring (bicyclic) bond motifs is 1. The number of nitrogens with one attached hydrogen (secondary N) is 2. The van der Waals surface area contributed by atoms with Crippen molar-refractivity contribution in [3.05, 3.63) is 48.0 Å². The fraction of sp³-hybridized carbons (Fsp3) is 0.350. The van der Waals surface area contributed by atoms with Crippen molar-refractivity contribution in [3.63, 3.8) is 0 Å². The van der Waals surface area contributed by atoms with E-state index in [1.54, 1.807) is 12.1 Å². The second-order valence-corrected chi connectivity index (χ2v) is 6.81. The van der Waals surface area contributed by atoms with E-state index in [2.05, 4.69) is 10.6 Å². The second kappa shape index (κ2) is 9.14. The van der Waals surface area contributed by atoms with Gasteiger partial charge in [0.05, 0.1) is 0 Å². The van der Waals surface area contributed by atoms with Crippen LogP contribution in [0.3, 0.4) is 0 Å². The third-order valence-corrected chi connectivity index (χ3v) is 4.21. The van der Waals surface area contributed by atoms with Crippen molar-refractivity contribution in [1.82, 2.24) is 10.6 Å². The molecule has 0 radical (unpaired) electrons. The van der Waals surface area contributed by atoms with Crippen LogP contribution < -0.4 is 10.6 Å². The van der Waals surface area contributed by atoms with E-state index < -0.39 is 29.9 Å². The highest BCUT2D eigenvalue weighted by Gasteiger charge is 2.27. The Bertz CT molecular complexity index is 829. The highest BCUT2D eigenvalue weighted by Crippen LogP contribution is 2.18. The van der Waals surface area contributed by atoms with Crippen LogP contribution in [0.15, 0.2) is 42.5 Å². The van der Waals surface area contributed by atoms with Gasteiger partial charge in [0.25, 0.3) is 5.91 Å². The van der Waals surface area contributed by atoms with Crippen molar-refractivity contribution in [2.24, 2.45) is 5.92 Å². The Morgan fingerprint density at radius 2 is 1.56 bits per heavy atom. The smallest absolute Gasteiger partial charge is 0.322 e. The molecule has 0 bridgehead atoms. The maximum absolute atomic E-state index is 12.5. The largest absolute Gasteiger partial charge is 0.480 e. The number of benzene rings is 2. The van der Waals surface area contributed by atoms with Crippen LogP contribution >= 0.6 is 0 Å². The summed E-state index contributed by atoms with van der Waals surface area (Å²) < 4.78 is 0. The van der Waals surface area contributed by atoms with Crippen LogP contribution in [-0.2, 0) is 9.59 Å². The van der Waals surface area contributed by atoms with Crippen LogP contribution in [0.4, 0.5) is 0 Å². The van der Waals surface area contributed by atoms with E-state index in [0.717, 1.165) is 10.8 Å². The summed E-state index contributed by atoms with van der Waals surface area (Å²) in [5.74, 6) is -2.66. The molecule has 7 nitrogen and oxygen atoms in total. The highest BCUT2D eigenvalue weighted by atomic mass is 16.4. The molecule has 2 atom stereocenters. The summed E-state index contributed by atoms with van der Waals surface area (Å²) in [5.41, 5.74) is 0.439. The average molecular weight is 372 g/mol. The Hall–Kier alpha value is -2.93. The molecule has 2 aromatic carbocycles. The summed E-state index contributed by atoms with van der Waals surface area (Å²) in [6.07, 6.45) is 0.288. The Balaban J connectivity index is 2.09. The molecule has 2 unspecified atom stereocenters. The summed E-state index contributed by atoms with van der Waals surface area (Å²) in [6.45, 7) is 3.49. The maximum Gasteiger partial charge on any atom is 0.322 e. The SMILES string of the molecule is CC(C)CC(NC(CNC(=O)c1cccc2ccccc12)C(=O)O)C(=O)O. The van der Waals surface area contributed by atoms with Crippen LogP contribution in [0.2, 0.25) is 0 Å². The van der Waals surface area contributed by atoms with Crippen LogP contribution in [-0.4, -0.2) is 46.7 Å². The minimum Gasteiger partial charge on any atom is -0.480 e. The van der Waals surface area contributed by atoms with Gasteiger partial charge in [-0.05, 0) is 29.2 Å². The van der Waals surface area contributed by atoms with Crippen LogP contribution in [0.1, 0.15) is 30.6 Å². The van der Waals surface area contributed by atoms with Gasteiger partial charge < -0.3 is 15.5 Å². The van der Waals surface area contributed by atoms with E-state index in [0.29, 0.717) is 5.56 Å². The van der Waals surface area contributed by atoms with E-state index in [9.17, 15) is 24.6 Å². The molecule has 7 heteroatoms. The number of hydrogen-bond acceptors (Lipinski definition) is 4. The Morgan fingerprint density at radius 3 is 2.19 bits per heavy atom. The van der Waals surface area contributed by atoms with Crippen molar-refractivity contribution in [2.45, 2.75) is 32.4 Å². The fourth-order valence-electron chi connectivity index (χ4n) is 2.89. The fourth-order valence-corrected chi connectivity index (χ4v) is 2.89. The molecule has 0 aromatic heterocycles. The molecule has 0 fully saturated rings. The molecule has 1 amide bonds. The van der Waals surface area contributed by atoms with E-state index >= 15 is 0 Å². The summed E-state index contributed by atoms with van der Waals surface area (Å²) >= 11 is 0. The Kier molecular flexibility index (Phi) is 6.90. The first-order chi connectivity index (χ1) is 12.8. The lowest BCUT2D eigenvalue weighted by atomic mass is 10.0. The molecule has 27 heavy (non-hydrogen) atoms. The van der Waals surface area contributed by atoms with Crippen molar-refractivity contribution >= 4 is 28.6 Å². The lowest BCUT2D eigenvalue weighted by Crippen LogP contribution is -2.52. The Morgan fingerprint density at radius 1 is 0.926 bits per heavy atom. The third-order valence-electron chi connectivity index (χ3n) is 4.21. The first-order valence-corrected chi connectivity index (χ1v) is 8.77. The quantitative estimate of drug-likeness (QED) is 0.536. The van der Waals surface area contributed by atoms with Crippen molar-refractivity contribution in [1.29, 1.82) is 0 Å². The summed E-state index contributed by atoms with van der Waals surface area (Å²) in [6, 6.07) is 10.5. The molecule has 0 aliphatic rings. The minimum atomic E-state index is -1.22. The topological polar surface area (TPSA) is 116 Å². The number of carbonyl (C=O) groups is 3. The van der Waals surface area contributed by atoms with Gasteiger partial charge in [-0.3, -0.25) is 19.7 Å². The van der Waals surface area contributed by atoms with E-state index in [1.165, 1.54) is 0 Å². The average Bonchev–Trinajstić information content (AvgIpc) is 2.62. The van der Waals surface area contributed by atoms with Gasteiger partial charge in [0.1, 0.15) is 12.1 Å². The third kappa shape index (κ3) is 5.52.